The van der Waals surface area contributed by atoms with Crippen LogP contribution in [0.25, 0.3) is 5.69 Å². The van der Waals surface area contributed by atoms with Crippen LogP contribution in [-0.2, 0) is 17.6 Å². The highest BCUT2D eigenvalue weighted by Gasteiger charge is 2.28. The number of fused-ring (bicyclic) bond motifs is 1. The Kier molecular flexibility index (Phi) is 4.86. The molecule has 0 aliphatic heterocycles. The number of amides is 1. The topological polar surface area (TPSA) is 99.0 Å². The van der Waals surface area contributed by atoms with E-state index in [1.807, 2.05) is 0 Å². The Bertz CT molecular complexity index is 1040. The van der Waals surface area contributed by atoms with E-state index in [1.165, 1.54) is 12.1 Å². The van der Waals surface area contributed by atoms with E-state index in [4.69, 9.17) is 4.74 Å². The van der Waals surface area contributed by atoms with Crippen molar-refractivity contribution in [3.05, 3.63) is 52.7 Å². The second-order valence-corrected chi connectivity index (χ2v) is 6.90. The number of halogens is 1. The summed E-state index contributed by atoms with van der Waals surface area (Å²) in [6, 6.07) is 5.95. The molecule has 0 bridgehead atoms. The highest BCUT2D eigenvalue weighted by molar-refractivity contribution is 7.10. The minimum absolute atomic E-state index is 0.0326. The van der Waals surface area contributed by atoms with Crippen LogP contribution in [-0.4, -0.2) is 37.9 Å². The normalized spacial score (nSPS) is 12.6. The summed E-state index contributed by atoms with van der Waals surface area (Å²) in [6.07, 6.45) is 2.42. The smallest absolute Gasteiger partial charge is 0.362 e. The fourth-order valence-corrected chi connectivity index (χ4v) is 3.74. The average molecular weight is 401 g/mol. The van der Waals surface area contributed by atoms with Gasteiger partial charge in [-0.2, -0.15) is 5.10 Å². The standard InChI is InChI=1S/C18H16FN5O3S/c1-2-27-18(26)15-17(28-23-21-15)20-16(25)14-12-4-3-5-13(12)24(22-14)11-8-6-10(19)7-9-11/h6-9H,2-5H2,1H3,(H,20,25). The number of hydrogen-bond acceptors (Lipinski definition) is 7. The summed E-state index contributed by atoms with van der Waals surface area (Å²) in [5.74, 6) is -1.43. The molecule has 0 saturated carbocycles. The van der Waals surface area contributed by atoms with Crippen LogP contribution in [0, 0.1) is 5.82 Å². The van der Waals surface area contributed by atoms with Crippen molar-refractivity contribution in [3.63, 3.8) is 0 Å². The van der Waals surface area contributed by atoms with Crippen LogP contribution in [0.1, 0.15) is 45.6 Å². The molecule has 28 heavy (non-hydrogen) atoms. The van der Waals surface area contributed by atoms with Crippen LogP contribution in [0.15, 0.2) is 24.3 Å². The molecular weight excluding hydrogens is 385 g/mol. The Labute approximate surface area is 163 Å². The Morgan fingerprint density at radius 3 is 2.79 bits per heavy atom. The molecule has 1 N–H and O–H groups in total. The number of carbonyl (C=O) groups excluding carboxylic acids is 2. The molecule has 144 valence electrons. The maximum atomic E-state index is 13.2. The van der Waals surface area contributed by atoms with Crippen molar-refractivity contribution in [1.82, 2.24) is 19.4 Å². The number of nitrogens with one attached hydrogen (secondary N) is 1. The SMILES string of the molecule is CCOC(=O)c1nnsc1NC(=O)c1nn(-c2ccc(F)cc2)c2c1CCC2. The second kappa shape index (κ2) is 7.47. The minimum atomic E-state index is -0.645. The number of hydrogen-bond donors (Lipinski definition) is 1. The van der Waals surface area contributed by atoms with Gasteiger partial charge in [0.05, 0.1) is 12.3 Å². The van der Waals surface area contributed by atoms with Crippen molar-refractivity contribution >= 4 is 28.4 Å². The molecule has 1 aliphatic carbocycles. The van der Waals surface area contributed by atoms with E-state index in [2.05, 4.69) is 20.0 Å². The highest BCUT2D eigenvalue weighted by atomic mass is 32.1. The third-order valence-electron chi connectivity index (χ3n) is 4.40. The fraction of sp³-hybridized carbons (Fsp3) is 0.278. The van der Waals surface area contributed by atoms with Gasteiger partial charge in [-0.3, -0.25) is 4.79 Å². The molecule has 0 saturated heterocycles. The first kappa shape index (κ1) is 18.2. The zero-order valence-corrected chi connectivity index (χ0v) is 15.8. The maximum absolute atomic E-state index is 13.2. The summed E-state index contributed by atoms with van der Waals surface area (Å²) in [6.45, 7) is 1.88. The Morgan fingerprint density at radius 1 is 1.25 bits per heavy atom. The lowest BCUT2D eigenvalue weighted by Crippen LogP contribution is -2.17. The van der Waals surface area contributed by atoms with Gasteiger partial charge >= 0.3 is 5.97 Å². The van der Waals surface area contributed by atoms with Crippen LogP contribution in [0.2, 0.25) is 0 Å². The van der Waals surface area contributed by atoms with E-state index in [-0.39, 0.29) is 28.8 Å². The lowest BCUT2D eigenvalue weighted by atomic mass is 10.2. The van der Waals surface area contributed by atoms with Crippen molar-refractivity contribution in [2.24, 2.45) is 0 Å². The first-order valence-corrected chi connectivity index (χ1v) is 9.53. The van der Waals surface area contributed by atoms with Crippen molar-refractivity contribution in [2.45, 2.75) is 26.2 Å². The van der Waals surface area contributed by atoms with E-state index in [1.54, 1.807) is 23.7 Å². The molecule has 2 heterocycles. The van der Waals surface area contributed by atoms with Crippen LogP contribution in [0.3, 0.4) is 0 Å². The van der Waals surface area contributed by atoms with Gasteiger partial charge in [0.15, 0.2) is 10.7 Å². The van der Waals surface area contributed by atoms with Gasteiger partial charge < -0.3 is 10.1 Å². The van der Waals surface area contributed by atoms with Crippen molar-refractivity contribution < 1.29 is 18.7 Å². The first-order valence-electron chi connectivity index (χ1n) is 8.76. The molecule has 10 heteroatoms. The summed E-state index contributed by atoms with van der Waals surface area (Å²) in [4.78, 5) is 24.8. The predicted octanol–water partition coefficient (Wildman–Crippen LogP) is 2.78. The summed E-state index contributed by atoms with van der Waals surface area (Å²) >= 11 is 0.895. The molecule has 0 radical (unpaired) electrons. The molecule has 4 rings (SSSR count). The van der Waals surface area contributed by atoms with Crippen molar-refractivity contribution in [2.75, 3.05) is 11.9 Å². The minimum Gasteiger partial charge on any atom is -0.461 e. The number of ether oxygens (including phenoxy) is 1. The van der Waals surface area contributed by atoms with Crippen molar-refractivity contribution in [1.29, 1.82) is 0 Å². The summed E-state index contributed by atoms with van der Waals surface area (Å²) in [5.41, 5.74) is 2.72. The first-order chi connectivity index (χ1) is 13.6. The van der Waals surface area contributed by atoms with E-state index >= 15 is 0 Å². The van der Waals surface area contributed by atoms with Crippen molar-refractivity contribution in [3.8, 4) is 5.69 Å². The zero-order chi connectivity index (χ0) is 19.7. The van der Waals surface area contributed by atoms with E-state index in [0.717, 1.165) is 42.1 Å². The molecule has 0 fully saturated rings. The van der Waals surface area contributed by atoms with Gasteiger partial charge in [-0.15, -0.1) is 5.10 Å². The molecule has 0 unspecified atom stereocenters. The molecule has 0 spiro atoms. The van der Waals surface area contributed by atoms with E-state index in [9.17, 15) is 14.0 Å². The maximum Gasteiger partial charge on any atom is 0.362 e. The van der Waals surface area contributed by atoms with Gasteiger partial charge in [0, 0.05) is 22.8 Å². The summed E-state index contributed by atoms with van der Waals surface area (Å²) < 4.78 is 23.6. The second-order valence-electron chi connectivity index (χ2n) is 6.14. The Morgan fingerprint density at radius 2 is 2.04 bits per heavy atom. The number of carbonyl (C=O) groups is 2. The third-order valence-corrected chi connectivity index (χ3v) is 5.04. The Hall–Kier alpha value is -3.14. The van der Waals surface area contributed by atoms with Gasteiger partial charge in [-0.1, -0.05) is 4.49 Å². The summed E-state index contributed by atoms with van der Waals surface area (Å²) in [7, 11) is 0. The molecular formula is C18H16FN5O3S. The number of rotatable bonds is 5. The number of esters is 1. The van der Waals surface area contributed by atoms with E-state index < -0.39 is 11.9 Å². The van der Waals surface area contributed by atoms with Crippen LogP contribution in [0.5, 0.6) is 0 Å². The zero-order valence-electron chi connectivity index (χ0n) is 14.9. The van der Waals surface area contributed by atoms with Gasteiger partial charge in [-0.05, 0) is 50.5 Å². The van der Waals surface area contributed by atoms with Crippen LogP contribution >= 0.6 is 11.5 Å². The molecule has 3 aromatic rings. The van der Waals surface area contributed by atoms with Gasteiger partial charge in [0.25, 0.3) is 5.91 Å². The molecule has 1 aromatic carbocycles. The largest absolute Gasteiger partial charge is 0.461 e. The molecule has 2 aromatic heterocycles. The van der Waals surface area contributed by atoms with Crippen LogP contribution < -0.4 is 5.32 Å². The number of aromatic nitrogens is 4. The van der Waals surface area contributed by atoms with Gasteiger partial charge in [0.1, 0.15) is 5.82 Å². The molecule has 0 atom stereocenters. The number of anilines is 1. The molecule has 1 aliphatic rings. The monoisotopic (exact) mass is 401 g/mol. The predicted molar refractivity (Wildman–Crippen MR) is 99.4 cm³/mol. The average Bonchev–Trinajstić information content (AvgIpc) is 3.39. The number of benzene rings is 1. The quantitative estimate of drug-likeness (QED) is 0.660. The lowest BCUT2D eigenvalue weighted by Gasteiger charge is -2.05. The third kappa shape index (κ3) is 3.26. The lowest BCUT2D eigenvalue weighted by molar-refractivity contribution is 0.0520. The Balaban J connectivity index is 1.64. The van der Waals surface area contributed by atoms with Gasteiger partial charge in [0.2, 0.25) is 5.69 Å². The van der Waals surface area contributed by atoms with Crippen LogP contribution in [0.4, 0.5) is 9.39 Å². The highest BCUT2D eigenvalue weighted by Crippen LogP contribution is 2.29. The molecule has 1 amide bonds. The molecule has 8 nitrogen and oxygen atoms in total. The fourth-order valence-electron chi connectivity index (χ4n) is 3.18. The van der Waals surface area contributed by atoms with E-state index in [0.29, 0.717) is 5.69 Å². The number of nitrogens with zero attached hydrogens (tertiary/aromatic N) is 4. The summed E-state index contributed by atoms with van der Waals surface area (Å²) in [5, 5.41) is 11.1. The van der Waals surface area contributed by atoms with Gasteiger partial charge in [-0.25, -0.2) is 13.9 Å².